The molecule has 0 saturated heterocycles. The van der Waals surface area contributed by atoms with Crippen LogP contribution < -0.4 is 103 Å². The molecule has 0 aliphatic rings. The Morgan fingerprint density at radius 1 is 0.170 bits per heavy atom. The quantitative estimate of drug-likeness (QED) is 0.0506. The van der Waals surface area contributed by atoms with E-state index in [4.69, 9.17) is 162 Å². The van der Waals surface area contributed by atoms with E-state index in [0.717, 1.165) is 0 Å². The van der Waals surface area contributed by atoms with Gasteiger partial charge in [-0.1, -0.05) is 0 Å². The highest BCUT2D eigenvalue weighted by Crippen LogP contribution is 2.72. The molecule has 62 nitrogen and oxygen atoms in total. The highest BCUT2D eigenvalue weighted by Gasteiger charge is 2.47. The van der Waals surface area contributed by atoms with Crippen LogP contribution in [0, 0.1) is 0 Å². The third-order valence-corrected chi connectivity index (χ3v) is 15.4. The second-order valence-electron chi connectivity index (χ2n) is 12.8. The van der Waals surface area contributed by atoms with E-state index < -0.39 is 62.6 Å². The minimum Gasteiger partial charge on any atom is -0.368 e. The number of anilines is 18. The van der Waals surface area contributed by atoms with Crippen LogP contribution in [0.15, 0.2) is 0 Å². The van der Waals surface area contributed by atoms with Crippen LogP contribution in [0.1, 0.15) is 0 Å². The van der Waals surface area contributed by atoms with Crippen LogP contribution in [-0.4, -0.2) is 148 Å². The smallest absolute Gasteiger partial charge is 0.368 e. The van der Waals surface area contributed by atoms with Gasteiger partial charge in [0.15, 0.2) is 0 Å². The molecule has 88 heavy (non-hydrogen) atoms. The first-order valence-electron chi connectivity index (χ1n) is 19.3. The van der Waals surface area contributed by atoms with Crippen molar-refractivity contribution < 1.29 is 121 Å². The minimum absolute atomic E-state index is 0.0417. The zero-order valence-corrected chi connectivity index (χ0v) is 49.3. The summed E-state index contributed by atoms with van der Waals surface area (Å²) in [7, 11) is -45.5. The fourth-order valence-corrected chi connectivity index (χ4v) is 11.4. The third kappa shape index (κ3) is 45.9. The van der Waals surface area contributed by atoms with Crippen LogP contribution in [0.5, 0.6) is 0 Å². The van der Waals surface area contributed by atoms with Gasteiger partial charge in [0.1, 0.15) is 0 Å². The lowest BCUT2D eigenvalue weighted by Crippen LogP contribution is -2.05. The number of aromatic nitrogens is 18. The SMILES string of the molecule is Nc1nc(N)nc(N)n1.Nc1nc(N)nc(N)n1.Nc1nc(N)nc(N)n1.Nc1nc(N)nc(N)n1.Nc1nc(N)nc(N)n1.Nc1nc(N)nc(N)n1.O=P(O)(O)OP(=O)(O)OP(=O)(O)O.O=P(O)(O)OP(=O)(O)OP(=O)(O)OP(=O)(O)OP(=O)(O)O. The standard InChI is InChI=1S/6C3H6N6.H7O16P5.H5O10P3/c6*4-1-7-2(5)9-3(6)8-1;1-17(2,3)13-19(7,8)15-21(11,12)16-20(9,10)14-18(4,5)6;1-11(2,3)9-13(7,8)10-12(4,5)6/h6*(H6,4,5,6,7,8,9);(H,7,8)(H,9,10)(H,11,12)(H2,1,2,3)(H2,4,5,6);(H,7,8)(H2,1,2,3)(H2,4,5,6). The molecule has 6 aromatic heterocycles. The molecular weight excluding hydrogens is 1380 g/mol. The van der Waals surface area contributed by atoms with Crippen LogP contribution in [0.4, 0.5) is 107 Å². The van der Waals surface area contributed by atoms with Crippen molar-refractivity contribution in [3.8, 4) is 0 Å². The zero-order chi connectivity index (χ0) is 69.4. The van der Waals surface area contributed by atoms with Gasteiger partial charge in [-0.3, -0.25) is 0 Å². The van der Waals surface area contributed by atoms with Crippen LogP contribution in [0.2, 0.25) is 0 Å². The van der Waals surface area contributed by atoms with Gasteiger partial charge in [0.25, 0.3) is 0 Å². The molecule has 2 unspecified atom stereocenters. The normalized spacial score (nSPS) is 13.1. The number of nitrogens with zero attached hydrogens (tertiary/aromatic N) is 18. The van der Waals surface area contributed by atoms with E-state index in [1.807, 2.05) is 0 Å². The lowest BCUT2D eigenvalue weighted by Gasteiger charge is -2.18. The first-order chi connectivity index (χ1) is 39.3. The van der Waals surface area contributed by atoms with Gasteiger partial charge in [0.2, 0.25) is 107 Å². The molecule has 6 heterocycles. The number of nitrogen functional groups attached to an aromatic ring is 18. The van der Waals surface area contributed by atoms with E-state index in [0.29, 0.717) is 0 Å². The second-order valence-corrected chi connectivity index (χ2v) is 24.4. The fraction of sp³-hybridized carbons (Fsp3) is 0. The van der Waals surface area contributed by atoms with Crippen molar-refractivity contribution in [2.45, 2.75) is 0 Å². The summed E-state index contributed by atoms with van der Waals surface area (Å²) in [5, 5.41) is 0. The number of hydrogen-bond acceptors (Lipinski definition) is 50. The highest BCUT2D eigenvalue weighted by atomic mass is 31.3. The largest absolute Gasteiger partial charge is 0.490 e. The molecule has 0 aromatic carbocycles. The summed E-state index contributed by atoms with van der Waals surface area (Å²) in [5.41, 5.74) is 92.5. The van der Waals surface area contributed by atoms with E-state index in [2.05, 4.69) is 116 Å². The fourth-order valence-electron chi connectivity index (χ4n) is 3.42. The molecule has 0 saturated carbocycles. The maximum absolute atomic E-state index is 11.0. The lowest BCUT2D eigenvalue weighted by atomic mass is 10.9. The van der Waals surface area contributed by atoms with Gasteiger partial charge in [-0.15, -0.1) is 0 Å². The molecule has 0 spiro atoms. The highest BCUT2D eigenvalue weighted by molar-refractivity contribution is 7.71. The Labute approximate surface area is 482 Å². The summed E-state index contributed by atoms with van der Waals surface area (Å²) in [6, 6.07) is 0. The summed E-state index contributed by atoms with van der Waals surface area (Å²) in [6.07, 6.45) is 0. The Balaban J connectivity index is 0. The van der Waals surface area contributed by atoms with Crippen molar-refractivity contribution in [1.29, 1.82) is 0 Å². The summed E-state index contributed by atoms with van der Waals surface area (Å²) in [6.45, 7) is 0. The Kier molecular flexibility index (Phi) is 31.7. The molecule has 6 aromatic rings. The van der Waals surface area contributed by atoms with Gasteiger partial charge in [-0.25, -0.2) is 36.5 Å². The number of nitrogens with two attached hydrogens (primary N) is 18. The Bertz CT molecular complexity index is 2910. The van der Waals surface area contributed by atoms with E-state index in [1.54, 1.807) is 0 Å². The molecule has 0 amide bonds. The molecule has 48 N–H and O–H groups in total. The summed E-state index contributed by atoms with van der Waals surface area (Å²) >= 11 is 0. The van der Waals surface area contributed by atoms with Crippen LogP contribution in [0.25, 0.3) is 0 Å². The van der Waals surface area contributed by atoms with E-state index in [9.17, 15) is 36.5 Å². The molecular formula is C18H48N36O26P8. The molecule has 0 bridgehead atoms. The summed E-state index contributed by atoms with van der Waals surface area (Å²) < 4.78 is 102. The molecule has 0 fully saturated rings. The first kappa shape index (κ1) is 81.6. The zero-order valence-electron chi connectivity index (χ0n) is 42.1. The predicted octanol–water partition coefficient (Wildman–Crippen LogP) is -9.45. The molecule has 0 aliphatic carbocycles. The van der Waals surface area contributed by atoms with Crippen LogP contribution in [-0.2, 0) is 62.4 Å². The van der Waals surface area contributed by atoms with Crippen molar-refractivity contribution in [3.05, 3.63) is 0 Å². The molecule has 6 rings (SSSR count). The monoisotopic (exact) mass is 1430 g/mol. The minimum atomic E-state index is -6.07. The Morgan fingerprint density at radius 2 is 0.239 bits per heavy atom. The van der Waals surface area contributed by atoms with E-state index in [1.165, 1.54) is 0 Å². The van der Waals surface area contributed by atoms with Crippen molar-refractivity contribution in [2.75, 3.05) is 103 Å². The van der Waals surface area contributed by atoms with Crippen molar-refractivity contribution in [1.82, 2.24) is 89.7 Å². The van der Waals surface area contributed by atoms with Crippen molar-refractivity contribution >= 4 is 170 Å². The molecule has 70 heteroatoms. The van der Waals surface area contributed by atoms with Gasteiger partial charge in [0, 0.05) is 0 Å². The maximum atomic E-state index is 11.0. The molecule has 496 valence electrons. The molecule has 2 atom stereocenters. The van der Waals surface area contributed by atoms with E-state index >= 15 is 0 Å². The second kappa shape index (κ2) is 34.2. The number of hydrogen-bond donors (Lipinski definition) is 30. The Morgan fingerprint density at radius 3 is 0.318 bits per heavy atom. The average molecular weight is 1430 g/mol. The van der Waals surface area contributed by atoms with Gasteiger partial charge < -0.3 is 162 Å². The topological polar surface area (TPSA) is 1140 Å². The first-order valence-corrected chi connectivity index (χ1v) is 31.4. The average Bonchev–Trinajstić information content (AvgIpc) is 3.18. The summed E-state index contributed by atoms with van der Waals surface area (Å²) in [4.78, 5) is 162. The predicted molar refractivity (Wildman–Crippen MR) is 292 cm³/mol. The van der Waals surface area contributed by atoms with Gasteiger partial charge >= 0.3 is 62.6 Å². The number of phosphoric acid groups is 8. The van der Waals surface area contributed by atoms with E-state index in [-0.39, 0.29) is 107 Å². The van der Waals surface area contributed by atoms with Gasteiger partial charge in [-0.05, 0) is 0 Å². The molecule has 0 aliphatic heterocycles. The van der Waals surface area contributed by atoms with Crippen LogP contribution in [0.3, 0.4) is 0 Å². The third-order valence-electron chi connectivity index (χ3n) is 5.37. The van der Waals surface area contributed by atoms with Crippen molar-refractivity contribution in [2.24, 2.45) is 0 Å². The van der Waals surface area contributed by atoms with Crippen molar-refractivity contribution in [3.63, 3.8) is 0 Å². The summed E-state index contributed by atoms with van der Waals surface area (Å²) in [5.74, 6) is 0.750. The van der Waals surface area contributed by atoms with Crippen LogP contribution >= 0.6 is 62.6 Å². The maximum Gasteiger partial charge on any atom is 0.490 e. The Hall–Kier alpha value is -8.42. The number of rotatable bonds is 12. The lowest BCUT2D eigenvalue weighted by molar-refractivity contribution is 0.185. The molecule has 0 radical (unpaired) electrons. The van der Waals surface area contributed by atoms with Gasteiger partial charge in [0.05, 0.1) is 0 Å². The van der Waals surface area contributed by atoms with Gasteiger partial charge in [-0.2, -0.15) is 116 Å².